The molecule has 2 amide bonds. The molecule has 28 heavy (non-hydrogen) atoms. The number of nitrogens with one attached hydrogen (secondary N) is 2. The molecule has 3 aromatic carbocycles. The van der Waals surface area contributed by atoms with E-state index in [1.54, 1.807) is 36.4 Å². The second-order valence-electron chi connectivity index (χ2n) is 6.66. The normalized spacial score (nSPS) is 10.4. The predicted octanol–water partition coefficient (Wildman–Crippen LogP) is 4.62. The minimum Gasteiger partial charge on any atom is -0.348 e. The fraction of sp³-hybridized carbons (Fsp3) is 0.130. The smallest absolute Gasteiger partial charge is 0.255 e. The first-order valence-electron chi connectivity index (χ1n) is 8.94. The maximum atomic E-state index is 12.9. The quantitative estimate of drug-likeness (QED) is 0.682. The Morgan fingerprint density at radius 3 is 2.04 bits per heavy atom. The molecule has 0 aromatic heterocycles. The summed E-state index contributed by atoms with van der Waals surface area (Å²) in [6, 6.07) is 18.2. The van der Waals surface area contributed by atoms with Crippen molar-refractivity contribution in [3.05, 3.63) is 100 Å². The molecule has 0 fully saturated rings. The molecule has 0 radical (unpaired) electrons. The second-order valence-corrected chi connectivity index (χ2v) is 6.66. The van der Waals surface area contributed by atoms with E-state index in [-0.39, 0.29) is 17.6 Å². The molecule has 0 bridgehead atoms. The van der Waals surface area contributed by atoms with Crippen LogP contribution in [0.15, 0.2) is 66.7 Å². The van der Waals surface area contributed by atoms with Crippen LogP contribution >= 0.6 is 0 Å². The third-order valence-electron chi connectivity index (χ3n) is 4.41. The maximum absolute atomic E-state index is 12.9. The van der Waals surface area contributed by atoms with Crippen LogP contribution in [0, 0.1) is 19.7 Å². The van der Waals surface area contributed by atoms with Crippen LogP contribution in [0.25, 0.3) is 0 Å². The minimum atomic E-state index is -0.315. The Kier molecular flexibility index (Phi) is 5.84. The van der Waals surface area contributed by atoms with Crippen molar-refractivity contribution in [1.29, 1.82) is 0 Å². The first-order valence-corrected chi connectivity index (χ1v) is 8.94. The van der Waals surface area contributed by atoms with E-state index in [4.69, 9.17) is 0 Å². The molecular formula is C23H21FN2O2. The molecule has 0 aliphatic carbocycles. The molecular weight excluding hydrogens is 355 g/mol. The molecule has 0 unspecified atom stereocenters. The van der Waals surface area contributed by atoms with E-state index in [1.165, 1.54) is 12.1 Å². The van der Waals surface area contributed by atoms with Crippen LogP contribution in [0.2, 0.25) is 0 Å². The summed E-state index contributed by atoms with van der Waals surface area (Å²) in [5.74, 6) is -0.805. The summed E-state index contributed by atoms with van der Waals surface area (Å²) in [5, 5.41) is 5.66. The Balaban J connectivity index is 1.61. The largest absolute Gasteiger partial charge is 0.348 e. The highest BCUT2D eigenvalue weighted by molar-refractivity contribution is 6.05. The van der Waals surface area contributed by atoms with Gasteiger partial charge in [0.2, 0.25) is 0 Å². The molecule has 0 spiro atoms. The summed E-state index contributed by atoms with van der Waals surface area (Å²) in [7, 11) is 0. The van der Waals surface area contributed by atoms with Gasteiger partial charge in [0.1, 0.15) is 5.82 Å². The average Bonchev–Trinajstić information content (AvgIpc) is 2.69. The zero-order chi connectivity index (χ0) is 20.1. The predicted molar refractivity (Wildman–Crippen MR) is 108 cm³/mol. The first-order chi connectivity index (χ1) is 13.4. The fourth-order valence-corrected chi connectivity index (χ4v) is 2.81. The third-order valence-corrected chi connectivity index (χ3v) is 4.41. The van der Waals surface area contributed by atoms with Crippen LogP contribution in [0.1, 0.15) is 37.4 Å². The molecule has 2 N–H and O–H groups in total. The highest BCUT2D eigenvalue weighted by Crippen LogP contribution is 2.17. The van der Waals surface area contributed by atoms with Crippen molar-refractivity contribution >= 4 is 17.5 Å². The standard InChI is InChI=1S/C23H21FN2O2/c1-15-3-12-21(16(2)13-15)26-23(28)19-8-6-18(7-9-19)22(27)25-14-17-4-10-20(24)11-5-17/h3-13H,14H2,1-2H3,(H,25,27)(H,26,28). The van der Waals surface area contributed by atoms with Gasteiger partial charge in [-0.2, -0.15) is 0 Å². The van der Waals surface area contributed by atoms with E-state index < -0.39 is 0 Å². The zero-order valence-corrected chi connectivity index (χ0v) is 15.8. The van der Waals surface area contributed by atoms with Gasteiger partial charge in [-0.05, 0) is 67.4 Å². The summed E-state index contributed by atoms with van der Waals surface area (Å²) in [4.78, 5) is 24.7. The number of carbonyl (C=O) groups excluding carboxylic acids is 2. The molecule has 0 aliphatic heterocycles. The third kappa shape index (κ3) is 4.82. The number of anilines is 1. The molecule has 3 aromatic rings. The number of halogens is 1. The number of hydrogen-bond acceptors (Lipinski definition) is 2. The number of hydrogen-bond donors (Lipinski definition) is 2. The lowest BCUT2D eigenvalue weighted by Gasteiger charge is -2.10. The molecule has 142 valence electrons. The van der Waals surface area contributed by atoms with Crippen LogP contribution in [-0.2, 0) is 6.54 Å². The van der Waals surface area contributed by atoms with Gasteiger partial charge in [0.25, 0.3) is 11.8 Å². The Hall–Kier alpha value is -3.47. The average molecular weight is 376 g/mol. The van der Waals surface area contributed by atoms with Crippen molar-refractivity contribution in [3.8, 4) is 0 Å². The maximum Gasteiger partial charge on any atom is 0.255 e. The van der Waals surface area contributed by atoms with E-state index in [0.717, 1.165) is 22.4 Å². The Labute approximate surface area is 163 Å². The molecule has 3 rings (SSSR count). The monoisotopic (exact) mass is 376 g/mol. The van der Waals surface area contributed by atoms with E-state index in [9.17, 15) is 14.0 Å². The fourth-order valence-electron chi connectivity index (χ4n) is 2.81. The van der Waals surface area contributed by atoms with Gasteiger partial charge in [-0.25, -0.2) is 4.39 Å². The number of benzene rings is 3. The zero-order valence-electron chi connectivity index (χ0n) is 15.8. The van der Waals surface area contributed by atoms with Gasteiger partial charge in [0.15, 0.2) is 0 Å². The van der Waals surface area contributed by atoms with Crippen molar-refractivity contribution in [2.24, 2.45) is 0 Å². The van der Waals surface area contributed by atoms with Gasteiger partial charge in [-0.15, -0.1) is 0 Å². The molecule has 5 heteroatoms. The van der Waals surface area contributed by atoms with Crippen LogP contribution in [0.5, 0.6) is 0 Å². The van der Waals surface area contributed by atoms with E-state index in [0.29, 0.717) is 17.7 Å². The van der Waals surface area contributed by atoms with Gasteiger partial charge >= 0.3 is 0 Å². The Morgan fingerprint density at radius 1 is 0.821 bits per heavy atom. The molecule has 0 aliphatic rings. The van der Waals surface area contributed by atoms with Crippen molar-refractivity contribution < 1.29 is 14.0 Å². The summed E-state index contributed by atoms with van der Waals surface area (Å²) in [5.41, 5.74) is 4.60. The van der Waals surface area contributed by atoms with Gasteiger partial charge in [-0.1, -0.05) is 29.8 Å². The highest BCUT2D eigenvalue weighted by atomic mass is 19.1. The molecule has 0 atom stereocenters. The molecule has 0 heterocycles. The lowest BCUT2D eigenvalue weighted by atomic mass is 10.1. The number of aryl methyl sites for hydroxylation is 2. The van der Waals surface area contributed by atoms with Crippen molar-refractivity contribution in [1.82, 2.24) is 5.32 Å². The van der Waals surface area contributed by atoms with Gasteiger partial charge in [-0.3, -0.25) is 9.59 Å². The summed E-state index contributed by atoms with van der Waals surface area (Å²) >= 11 is 0. The molecule has 4 nitrogen and oxygen atoms in total. The SMILES string of the molecule is Cc1ccc(NC(=O)c2ccc(C(=O)NCc3ccc(F)cc3)cc2)c(C)c1. The number of amides is 2. The van der Waals surface area contributed by atoms with Crippen molar-refractivity contribution in [2.75, 3.05) is 5.32 Å². The van der Waals surface area contributed by atoms with Crippen LogP contribution < -0.4 is 10.6 Å². The minimum absolute atomic E-state index is 0.231. The molecule has 0 saturated carbocycles. The first kappa shape index (κ1) is 19.3. The lowest BCUT2D eigenvalue weighted by Crippen LogP contribution is -2.23. The highest BCUT2D eigenvalue weighted by Gasteiger charge is 2.10. The Morgan fingerprint density at radius 2 is 1.43 bits per heavy atom. The van der Waals surface area contributed by atoms with Gasteiger partial charge in [0.05, 0.1) is 0 Å². The van der Waals surface area contributed by atoms with Crippen molar-refractivity contribution in [3.63, 3.8) is 0 Å². The van der Waals surface area contributed by atoms with Gasteiger partial charge < -0.3 is 10.6 Å². The Bertz CT molecular complexity index is 996. The topological polar surface area (TPSA) is 58.2 Å². The number of rotatable bonds is 5. The summed E-state index contributed by atoms with van der Waals surface area (Å²) < 4.78 is 12.9. The van der Waals surface area contributed by atoms with Crippen LogP contribution in [0.4, 0.5) is 10.1 Å². The lowest BCUT2D eigenvalue weighted by molar-refractivity contribution is 0.0949. The van der Waals surface area contributed by atoms with Crippen LogP contribution in [-0.4, -0.2) is 11.8 Å². The molecule has 0 saturated heterocycles. The second kappa shape index (κ2) is 8.48. The summed E-state index contributed by atoms with van der Waals surface area (Å²) in [6.07, 6.45) is 0. The van der Waals surface area contributed by atoms with E-state index in [2.05, 4.69) is 10.6 Å². The van der Waals surface area contributed by atoms with E-state index >= 15 is 0 Å². The summed E-state index contributed by atoms with van der Waals surface area (Å²) in [6.45, 7) is 4.24. The van der Waals surface area contributed by atoms with Gasteiger partial charge in [0, 0.05) is 23.4 Å². The van der Waals surface area contributed by atoms with Crippen molar-refractivity contribution in [2.45, 2.75) is 20.4 Å². The van der Waals surface area contributed by atoms with Crippen LogP contribution in [0.3, 0.4) is 0 Å². The van der Waals surface area contributed by atoms with E-state index in [1.807, 2.05) is 32.0 Å². The number of carbonyl (C=O) groups is 2.